The minimum absolute atomic E-state index is 0. The quantitative estimate of drug-likeness (QED) is 0.322. The van der Waals surface area contributed by atoms with Crippen molar-refractivity contribution in [3.8, 4) is 0 Å². The third-order valence-corrected chi connectivity index (χ3v) is 1.97. The van der Waals surface area contributed by atoms with Crippen LogP contribution in [0, 0.1) is 0 Å². The summed E-state index contributed by atoms with van der Waals surface area (Å²) in [7, 11) is 3.51. The molecule has 1 rings (SSSR count). The largest absolute Gasteiger partial charge is 1.00 e. The minimum Gasteiger partial charge on any atom is -1.00 e. The van der Waals surface area contributed by atoms with E-state index in [0.29, 0.717) is 0 Å². The van der Waals surface area contributed by atoms with Crippen molar-refractivity contribution in [1.29, 1.82) is 0 Å². The first-order valence-corrected chi connectivity index (χ1v) is 3.58. The molecule has 0 aliphatic heterocycles. The molecule has 0 spiro atoms. The Balaban J connectivity index is 0.000000250. The van der Waals surface area contributed by atoms with Crippen LogP contribution in [-0.4, -0.2) is 0 Å². The molecule has 34 valence electrons. The van der Waals surface area contributed by atoms with Crippen LogP contribution in [0.1, 0.15) is 0 Å². The Bertz CT molecular complexity index is 65.3. The van der Waals surface area contributed by atoms with Gasteiger partial charge in [-0.25, -0.2) is 0 Å². The summed E-state index contributed by atoms with van der Waals surface area (Å²) in [6.07, 6.45) is 0. The van der Waals surface area contributed by atoms with Crippen LogP contribution in [0.5, 0.6) is 0 Å². The lowest BCUT2D eigenvalue weighted by atomic mass is 10.8. The number of rotatable bonds is 0. The molecule has 0 atom stereocenters. The van der Waals surface area contributed by atoms with Crippen LogP contribution in [0.4, 0.5) is 0 Å². The zero-order valence-corrected chi connectivity index (χ0v) is 5.32. The van der Waals surface area contributed by atoms with Crippen molar-refractivity contribution in [3.63, 3.8) is 0 Å². The Labute approximate surface area is 50.3 Å². The fraction of sp³-hybridized carbons (Fsp3) is 0. The van der Waals surface area contributed by atoms with Gasteiger partial charge in [0.1, 0.15) is 0 Å². The van der Waals surface area contributed by atoms with Gasteiger partial charge in [0.15, 0.2) is 10.3 Å². The first kappa shape index (κ1) is 6.34. The lowest BCUT2D eigenvalue weighted by Crippen LogP contribution is -3.00. The molecule has 0 unspecified atom stereocenters. The molecule has 3 heteroatoms. The molecule has 0 radical (unpaired) electrons. The van der Waals surface area contributed by atoms with Gasteiger partial charge in [0, 0.05) is 6.07 Å². The average molecular weight is 139 g/mol. The molecule has 0 nitrogen and oxygen atoms in total. The second-order valence-electron chi connectivity index (χ2n) is 0.657. The maximum atomic E-state index is 2.06. The van der Waals surface area contributed by atoms with Gasteiger partial charge in [-0.05, 0) is 0 Å². The van der Waals surface area contributed by atoms with E-state index in [1.165, 1.54) is 0 Å². The maximum Gasteiger partial charge on any atom is 0.291 e. The first-order valence-electron chi connectivity index (χ1n) is 1.30. The lowest BCUT2D eigenvalue weighted by Gasteiger charge is -1.25. The first-order chi connectivity index (χ1) is 2.50. The second kappa shape index (κ2) is 3.53. The van der Waals surface area contributed by atoms with Gasteiger partial charge in [0.2, 0.25) is 5.38 Å². The van der Waals surface area contributed by atoms with Gasteiger partial charge in [0.05, 0.1) is 5.38 Å². The van der Waals surface area contributed by atoms with Crippen LogP contribution in [0.3, 0.4) is 0 Å². The van der Waals surface area contributed by atoms with E-state index in [1.54, 1.807) is 20.7 Å². The topological polar surface area (TPSA) is 0 Å². The summed E-state index contributed by atoms with van der Waals surface area (Å²) in [5.74, 6) is 0. The molecule has 6 heavy (non-hydrogen) atoms. The van der Waals surface area contributed by atoms with Crippen LogP contribution in [0.15, 0.2) is 16.8 Å². The van der Waals surface area contributed by atoms with Crippen LogP contribution in [0.2, 0.25) is 0 Å². The highest BCUT2D eigenvalue weighted by Gasteiger charge is 1.79. The van der Waals surface area contributed by atoms with Gasteiger partial charge < -0.3 is 12.4 Å². The van der Waals surface area contributed by atoms with E-state index in [1.807, 2.05) is 6.07 Å². The molecule has 0 fully saturated rings. The van der Waals surface area contributed by atoms with Crippen LogP contribution in [-0.2, 0) is 0 Å². The summed E-state index contributed by atoms with van der Waals surface area (Å²) >= 11 is 0. The molecule has 0 N–H and O–H groups in total. The molecular formula is C3H3ClS2. The van der Waals surface area contributed by atoms with Crippen LogP contribution in [0.25, 0.3) is 0 Å². The van der Waals surface area contributed by atoms with Crippen molar-refractivity contribution in [3.05, 3.63) is 16.8 Å². The molecule has 1 aromatic heterocycles. The zero-order valence-electron chi connectivity index (χ0n) is 2.93. The van der Waals surface area contributed by atoms with E-state index in [9.17, 15) is 0 Å². The van der Waals surface area contributed by atoms with E-state index in [2.05, 4.69) is 10.8 Å². The van der Waals surface area contributed by atoms with Gasteiger partial charge in [-0.15, -0.1) is 0 Å². The SMILES string of the molecule is [Cl-].c1cs[s+]c1. The van der Waals surface area contributed by atoms with Crippen molar-refractivity contribution in [2.75, 3.05) is 0 Å². The number of hydrogen-bond donors (Lipinski definition) is 0. The molecule has 0 saturated carbocycles. The standard InChI is InChI=1S/C3H3S2.ClH/c1-2-4-5-3-1;/h1-3H;1H/q+1;/p-1. The highest BCUT2D eigenvalue weighted by Crippen LogP contribution is 2.02. The zero-order chi connectivity index (χ0) is 3.54. The summed E-state index contributed by atoms with van der Waals surface area (Å²) in [5, 5.41) is 4.12. The highest BCUT2D eigenvalue weighted by molar-refractivity contribution is 7.67. The predicted molar refractivity (Wildman–Crippen MR) is 26.6 cm³/mol. The van der Waals surface area contributed by atoms with Gasteiger partial charge in [-0.2, -0.15) is 0 Å². The second-order valence-corrected chi connectivity index (χ2v) is 2.74. The third-order valence-electron chi connectivity index (χ3n) is 0.324. The summed E-state index contributed by atoms with van der Waals surface area (Å²) in [4.78, 5) is 0. The third kappa shape index (κ3) is 1.70. The molecule has 0 aliphatic rings. The van der Waals surface area contributed by atoms with Crippen molar-refractivity contribution in [2.24, 2.45) is 0 Å². The lowest BCUT2D eigenvalue weighted by molar-refractivity contribution is -0.000000857. The molecule has 1 aromatic rings. The fourth-order valence-corrected chi connectivity index (χ4v) is 1.44. The van der Waals surface area contributed by atoms with Gasteiger partial charge in [0.25, 0.3) is 10.3 Å². The molecule has 0 aromatic carbocycles. The Hall–Kier alpha value is 0.340. The van der Waals surface area contributed by atoms with Crippen molar-refractivity contribution >= 4 is 20.7 Å². The maximum absolute atomic E-state index is 2.06. The predicted octanol–water partition coefficient (Wildman–Crippen LogP) is -0.905. The van der Waals surface area contributed by atoms with Gasteiger partial charge >= 0.3 is 0 Å². The summed E-state index contributed by atoms with van der Waals surface area (Å²) in [6, 6.07) is 2.04. The minimum atomic E-state index is 0. The monoisotopic (exact) mass is 138 g/mol. The van der Waals surface area contributed by atoms with Gasteiger partial charge in [-0.1, -0.05) is 0 Å². The molecule has 0 saturated heterocycles. The Morgan fingerprint density at radius 3 is 2.50 bits per heavy atom. The van der Waals surface area contributed by atoms with E-state index in [0.717, 1.165) is 0 Å². The van der Waals surface area contributed by atoms with Crippen molar-refractivity contribution in [2.45, 2.75) is 0 Å². The van der Waals surface area contributed by atoms with Crippen LogP contribution >= 0.6 is 20.7 Å². The molecule has 0 aliphatic carbocycles. The van der Waals surface area contributed by atoms with Crippen molar-refractivity contribution in [1.82, 2.24) is 0 Å². The normalized spacial score (nSPS) is 6.67. The summed E-state index contributed by atoms with van der Waals surface area (Å²) in [5.41, 5.74) is 0. The van der Waals surface area contributed by atoms with Crippen LogP contribution < -0.4 is 12.4 Å². The molecule has 1 heterocycles. The van der Waals surface area contributed by atoms with Gasteiger partial charge in [-0.3, -0.25) is 0 Å². The average Bonchev–Trinajstić information content (AvgIpc) is 1.76. The molecule has 0 amide bonds. The smallest absolute Gasteiger partial charge is 0.291 e. The number of hydrogen-bond acceptors (Lipinski definition) is 1. The summed E-state index contributed by atoms with van der Waals surface area (Å²) < 4.78 is 0. The molecule has 0 bridgehead atoms. The molecular weight excluding hydrogens is 136 g/mol. The van der Waals surface area contributed by atoms with E-state index >= 15 is 0 Å². The van der Waals surface area contributed by atoms with E-state index < -0.39 is 0 Å². The fourth-order valence-electron chi connectivity index (χ4n) is 0.160. The Kier molecular flexibility index (Phi) is 3.73. The van der Waals surface area contributed by atoms with E-state index in [-0.39, 0.29) is 12.4 Å². The summed E-state index contributed by atoms with van der Waals surface area (Å²) in [6.45, 7) is 0. The number of halogens is 1. The Morgan fingerprint density at radius 1 is 1.50 bits per heavy atom. The van der Waals surface area contributed by atoms with Crippen molar-refractivity contribution < 1.29 is 12.4 Å². The van der Waals surface area contributed by atoms with E-state index in [4.69, 9.17) is 0 Å². The Morgan fingerprint density at radius 2 is 2.33 bits per heavy atom. The highest BCUT2D eigenvalue weighted by atomic mass is 35.5.